The van der Waals surface area contributed by atoms with Crippen molar-refractivity contribution in [3.05, 3.63) is 41.0 Å². The standard InChI is InChI=1S/C27H32F2N6O4/c1-14-22(35-39-34-14)26(37)33-24(20-4-2-3-9-38-20)25-30-18-8-7-17(11-19(18)31-25)23(16-5-6-16)32-21(36)10-15-12-27(28,29)13-15/h7-8,11,15-16,20,23-24H,2-6,9-10,12-13H2,1H3,(H,30,31)(H,32,36)(H,33,37)/t20-,23+,24-/m0/s1. The summed E-state index contributed by atoms with van der Waals surface area (Å²) < 4.78 is 37.1. The van der Waals surface area contributed by atoms with Gasteiger partial charge in [0.2, 0.25) is 11.8 Å². The summed E-state index contributed by atoms with van der Waals surface area (Å²) in [6.45, 7) is 2.25. The Morgan fingerprint density at radius 3 is 2.62 bits per heavy atom. The summed E-state index contributed by atoms with van der Waals surface area (Å²) in [7, 11) is 0. The van der Waals surface area contributed by atoms with Gasteiger partial charge in [-0.2, -0.15) is 0 Å². The van der Waals surface area contributed by atoms with E-state index in [1.807, 2.05) is 18.2 Å². The van der Waals surface area contributed by atoms with Crippen molar-refractivity contribution in [2.45, 2.75) is 82.4 Å². The number of hydrogen-bond donors (Lipinski definition) is 3. The summed E-state index contributed by atoms with van der Waals surface area (Å²) in [5.41, 5.74) is 2.94. The maximum absolute atomic E-state index is 13.2. The predicted molar refractivity (Wildman–Crippen MR) is 135 cm³/mol. The molecule has 3 heterocycles. The van der Waals surface area contributed by atoms with E-state index in [1.54, 1.807) is 6.92 Å². The molecule has 10 nitrogen and oxygen atoms in total. The molecule has 208 valence electrons. The van der Waals surface area contributed by atoms with Gasteiger partial charge in [-0.05, 0) is 73.7 Å². The number of halogens is 2. The SMILES string of the molecule is Cc1nonc1C(=O)N[C@H](c1nc2ccc([C@H](NC(=O)CC3CC(F)(F)C3)C3CC3)cc2[nH]1)[C@@H]1CCCCO1. The van der Waals surface area contributed by atoms with Crippen molar-refractivity contribution in [1.82, 2.24) is 30.9 Å². The fourth-order valence-corrected chi connectivity index (χ4v) is 5.73. The lowest BCUT2D eigenvalue weighted by molar-refractivity contribution is -0.134. The van der Waals surface area contributed by atoms with Crippen molar-refractivity contribution < 1.29 is 27.7 Å². The van der Waals surface area contributed by atoms with Crippen LogP contribution in [-0.4, -0.2) is 50.7 Å². The third kappa shape index (κ3) is 5.66. The molecule has 3 atom stereocenters. The molecule has 1 saturated heterocycles. The van der Waals surface area contributed by atoms with Gasteiger partial charge in [0.25, 0.3) is 5.91 Å². The van der Waals surface area contributed by atoms with Crippen molar-refractivity contribution >= 4 is 22.8 Å². The molecule has 3 aromatic rings. The Kier molecular flexibility index (Phi) is 6.82. The first-order valence-corrected chi connectivity index (χ1v) is 13.6. The number of aromatic nitrogens is 4. The first-order valence-electron chi connectivity index (χ1n) is 13.6. The Morgan fingerprint density at radius 2 is 1.95 bits per heavy atom. The average molecular weight is 543 g/mol. The molecule has 2 amide bonds. The lowest BCUT2D eigenvalue weighted by Crippen LogP contribution is -2.40. The molecule has 0 unspecified atom stereocenters. The minimum Gasteiger partial charge on any atom is -0.376 e. The third-order valence-corrected chi connectivity index (χ3v) is 7.98. The summed E-state index contributed by atoms with van der Waals surface area (Å²) in [5, 5.41) is 13.5. The fraction of sp³-hybridized carbons (Fsp3) is 0.593. The Morgan fingerprint density at radius 1 is 1.13 bits per heavy atom. The maximum Gasteiger partial charge on any atom is 0.276 e. The van der Waals surface area contributed by atoms with Crippen LogP contribution in [0.2, 0.25) is 0 Å². The van der Waals surface area contributed by atoms with Crippen LogP contribution in [0.3, 0.4) is 0 Å². The van der Waals surface area contributed by atoms with E-state index < -0.39 is 17.9 Å². The van der Waals surface area contributed by atoms with Gasteiger partial charge in [-0.1, -0.05) is 11.2 Å². The Hall–Kier alpha value is -3.41. The molecular formula is C27H32F2N6O4. The monoisotopic (exact) mass is 542 g/mol. The van der Waals surface area contributed by atoms with Crippen LogP contribution in [0.1, 0.15) is 91.0 Å². The van der Waals surface area contributed by atoms with Crippen LogP contribution in [0.4, 0.5) is 8.78 Å². The van der Waals surface area contributed by atoms with Crippen LogP contribution in [-0.2, 0) is 9.53 Å². The number of nitrogens with one attached hydrogen (secondary N) is 3. The smallest absolute Gasteiger partial charge is 0.276 e. The number of carbonyl (C=O) groups is 2. The molecule has 3 aliphatic rings. The largest absolute Gasteiger partial charge is 0.376 e. The minimum atomic E-state index is -2.63. The molecule has 39 heavy (non-hydrogen) atoms. The lowest BCUT2D eigenvalue weighted by atomic mass is 9.79. The summed E-state index contributed by atoms with van der Waals surface area (Å²) in [4.78, 5) is 33.8. The zero-order valence-electron chi connectivity index (χ0n) is 21.7. The van der Waals surface area contributed by atoms with Crippen molar-refractivity contribution in [3.8, 4) is 0 Å². The zero-order chi connectivity index (χ0) is 27.1. The number of benzene rings is 1. The number of aryl methyl sites for hydroxylation is 1. The number of carbonyl (C=O) groups excluding carboxylic acids is 2. The van der Waals surface area contributed by atoms with Crippen LogP contribution >= 0.6 is 0 Å². The van der Waals surface area contributed by atoms with Gasteiger partial charge in [-0.25, -0.2) is 18.4 Å². The van der Waals surface area contributed by atoms with E-state index in [4.69, 9.17) is 14.3 Å². The number of ether oxygens (including phenoxy) is 1. The number of hydrogen-bond acceptors (Lipinski definition) is 7. The van der Waals surface area contributed by atoms with E-state index in [9.17, 15) is 18.4 Å². The Bertz CT molecular complexity index is 1360. The van der Waals surface area contributed by atoms with Crippen LogP contribution in [0.5, 0.6) is 0 Å². The highest BCUT2D eigenvalue weighted by Crippen LogP contribution is 2.45. The zero-order valence-corrected chi connectivity index (χ0v) is 21.7. The van der Waals surface area contributed by atoms with Crippen LogP contribution in [0, 0.1) is 18.8 Å². The van der Waals surface area contributed by atoms with E-state index in [0.717, 1.165) is 48.7 Å². The van der Waals surface area contributed by atoms with Gasteiger partial charge in [-0.3, -0.25) is 9.59 Å². The van der Waals surface area contributed by atoms with E-state index in [2.05, 4.69) is 25.9 Å². The number of H-pyrrole nitrogens is 1. The van der Waals surface area contributed by atoms with E-state index in [1.165, 1.54) is 0 Å². The molecule has 3 fully saturated rings. The molecule has 1 aromatic carbocycles. The summed E-state index contributed by atoms with van der Waals surface area (Å²) in [5.74, 6) is -2.62. The highest BCUT2D eigenvalue weighted by Gasteiger charge is 2.46. The second kappa shape index (κ2) is 10.3. The quantitative estimate of drug-likeness (QED) is 0.367. The molecule has 2 aromatic heterocycles. The molecule has 0 bridgehead atoms. The van der Waals surface area contributed by atoms with Crippen LogP contribution in [0.15, 0.2) is 22.8 Å². The summed E-state index contributed by atoms with van der Waals surface area (Å²) >= 11 is 0. The molecule has 12 heteroatoms. The molecule has 2 aliphatic carbocycles. The van der Waals surface area contributed by atoms with Gasteiger partial charge in [-0.15, -0.1) is 0 Å². The first-order chi connectivity index (χ1) is 18.8. The molecule has 1 aliphatic heterocycles. The molecule has 3 N–H and O–H groups in total. The molecule has 2 saturated carbocycles. The average Bonchev–Trinajstić information content (AvgIpc) is 3.50. The number of imidazole rings is 1. The maximum atomic E-state index is 13.2. The van der Waals surface area contributed by atoms with E-state index >= 15 is 0 Å². The van der Waals surface area contributed by atoms with Crippen LogP contribution < -0.4 is 10.6 Å². The fourth-order valence-electron chi connectivity index (χ4n) is 5.73. The number of rotatable bonds is 9. The van der Waals surface area contributed by atoms with Gasteiger partial charge in [0.1, 0.15) is 17.6 Å². The second-order valence-corrected chi connectivity index (χ2v) is 11.2. The first kappa shape index (κ1) is 25.8. The summed E-state index contributed by atoms with van der Waals surface area (Å²) in [6.07, 6.45) is 4.14. The topological polar surface area (TPSA) is 135 Å². The Balaban J connectivity index is 1.22. The number of aromatic amines is 1. The van der Waals surface area contributed by atoms with Gasteiger partial charge in [0, 0.05) is 25.9 Å². The third-order valence-electron chi connectivity index (χ3n) is 7.98. The van der Waals surface area contributed by atoms with Crippen molar-refractivity contribution in [2.24, 2.45) is 11.8 Å². The van der Waals surface area contributed by atoms with Crippen molar-refractivity contribution in [1.29, 1.82) is 0 Å². The number of fused-ring (bicyclic) bond motifs is 1. The number of amides is 2. The second-order valence-electron chi connectivity index (χ2n) is 11.2. The highest BCUT2D eigenvalue weighted by atomic mass is 19.3. The van der Waals surface area contributed by atoms with Gasteiger partial charge in [0.15, 0.2) is 5.69 Å². The van der Waals surface area contributed by atoms with Gasteiger partial charge in [0.05, 0.1) is 23.2 Å². The number of nitrogens with zero attached hydrogens (tertiary/aromatic N) is 3. The van der Waals surface area contributed by atoms with Crippen molar-refractivity contribution in [3.63, 3.8) is 0 Å². The number of alkyl halides is 2. The minimum absolute atomic E-state index is 0.114. The normalized spacial score (nSPS) is 22.7. The van der Waals surface area contributed by atoms with Gasteiger partial charge >= 0.3 is 0 Å². The van der Waals surface area contributed by atoms with E-state index in [-0.39, 0.29) is 48.9 Å². The lowest BCUT2D eigenvalue weighted by Gasteiger charge is -2.34. The van der Waals surface area contributed by atoms with Crippen LogP contribution in [0.25, 0.3) is 11.0 Å². The van der Waals surface area contributed by atoms with Crippen molar-refractivity contribution in [2.75, 3.05) is 6.61 Å². The van der Waals surface area contributed by atoms with E-state index in [0.29, 0.717) is 24.0 Å². The Labute approximate surface area is 223 Å². The molecule has 0 spiro atoms. The van der Waals surface area contributed by atoms with Gasteiger partial charge < -0.3 is 20.4 Å². The predicted octanol–water partition coefficient (Wildman–Crippen LogP) is 4.30. The summed E-state index contributed by atoms with van der Waals surface area (Å²) in [6, 6.07) is 5.09. The highest BCUT2D eigenvalue weighted by molar-refractivity contribution is 5.93. The molecule has 0 radical (unpaired) electrons. The molecular weight excluding hydrogens is 510 g/mol. The molecule has 6 rings (SSSR count).